The van der Waals surface area contributed by atoms with Crippen molar-refractivity contribution in [2.24, 2.45) is 0 Å². The van der Waals surface area contributed by atoms with Crippen molar-refractivity contribution in [2.45, 2.75) is 6.54 Å². The van der Waals surface area contributed by atoms with Crippen LogP contribution in [0.2, 0.25) is 10.0 Å². The van der Waals surface area contributed by atoms with Gasteiger partial charge in [-0.2, -0.15) is 0 Å². The molecule has 24 heavy (non-hydrogen) atoms. The van der Waals surface area contributed by atoms with Crippen molar-refractivity contribution in [1.82, 2.24) is 10.6 Å². The van der Waals surface area contributed by atoms with Crippen LogP contribution in [-0.4, -0.2) is 22.1 Å². The van der Waals surface area contributed by atoms with Gasteiger partial charge >= 0.3 is 5.97 Å². The average Bonchev–Trinajstić information content (AvgIpc) is 2.55. The molecule has 2 aromatic rings. The zero-order valence-corrected chi connectivity index (χ0v) is 14.5. The molecule has 0 atom stereocenters. The van der Waals surface area contributed by atoms with Crippen molar-refractivity contribution in [3.8, 4) is 0 Å². The number of carboxylic acid groups (broad SMARTS) is 1. The summed E-state index contributed by atoms with van der Waals surface area (Å²) < 4.78 is 0. The summed E-state index contributed by atoms with van der Waals surface area (Å²) in [6.45, 7) is 0.336. The molecule has 0 aliphatic heterocycles. The summed E-state index contributed by atoms with van der Waals surface area (Å²) in [6, 6.07) is 10.9. The number of halogens is 2. The van der Waals surface area contributed by atoms with E-state index >= 15 is 0 Å². The summed E-state index contributed by atoms with van der Waals surface area (Å²) in [7, 11) is 0. The molecule has 2 rings (SSSR count). The number of nitrogens with one attached hydrogen (secondary N) is 2. The number of amides is 1. The molecule has 0 radical (unpaired) electrons. The van der Waals surface area contributed by atoms with Crippen LogP contribution in [0.15, 0.2) is 42.5 Å². The van der Waals surface area contributed by atoms with E-state index < -0.39 is 11.9 Å². The Morgan fingerprint density at radius 2 is 1.75 bits per heavy atom. The van der Waals surface area contributed by atoms with Gasteiger partial charge in [-0.15, -0.1) is 0 Å². The average molecular weight is 383 g/mol. The predicted molar refractivity (Wildman–Crippen MR) is 96.8 cm³/mol. The largest absolute Gasteiger partial charge is 0.478 e. The molecule has 1 amide bonds. The highest BCUT2D eigenvalue weighted by Crippen LogP contribution is 2.20. The van der Waals surface area contributed by atoms with Crippen LogP contribution in [0.1, 0.15) is 26.3 Å². The molecular formula is C16H12Cl2N2O3S. The van der Waals surface area contributed by atoms with Gasteiger partial charge in [-0.1, -0.05) is 35.3 Å². The quantitative estimate of drug-likeness (QED) is 0.705. The van der Waals surface area contributed by atoms with Crippen LogP contribution in [-0.2, 0) is 6.54 Å². The third-order valence-electron chi connectivity index (χ3n) is 3.05. The number of benzene rings is 2. The van der Waals surface area contributed by atoms with Crippen molar-refractivity contribution < 1.29 is 14.7 Å². The Morgan fingerprint density at radius 3 is 2.38 bits per heavy atom. The molecule has 0 fully saturated rings. The minimum absolute atomic E-state index is 0.123. The molecular weight excluding hydrogens is 371 g/mol. The second kappa shape index (κ2) is 8.10. The lowest BCUT2D eigenvalue weighted by Gasteiger charge is -2.11. The van der Waals surface area contributed by atoms with E-state index in [4.69, 9.17) is 40.5 Å². The molecule has 3 N–H and O–H groups in total. The number of carbonyl (C=O) groups is 2. The van der Waals surface area contributed by atoms with Crippen LogP contribution in [0, 0.1) is 0 Å². The van der Waals surface area contributed by atoms with E-state index in [2.05, 4.69) is 10.6 Å². The lowest BCUT2D eigenvalue weighted by Crippen LogP contribution is -2.38. The number of carbonyl (C=O) groups excluding carboxylic acids is 1. The summed E-state index contributed by atoms with van der Waals surface area (Å²) in [5.41, 5.74) is 1.24. The molecule has 0 saturated carbocycles. The first-order valence-electron chi connectivity index (χ1n) is 6.73. The van der Waals surface area contributed by atoms with E-state index in [0.29, 0.717) is 11.6 Å². The van der Waals surface area contributed by atoms with E-state index in [1.807, 2.05) is 0 Å². The number of carboxylic acids is 1. The first kappa shape index (κ1) is 18.2. The smallest absolute Gasteiger partial charge is 0.335 e. The van der Waals surface area contributed by atoms with Crippen molar-refractivity contribution in [3.63, 3.8) is 0 Å². The van der Waals surface area contributed by atoms with E-state index in [1.54, 1.807) is 18.2 Å². The van der Waals surface area contributed by atoms with Gasteiger partial charge in [0.2, 0.25) is 0 Å². The maximum absolute atomic E-state index is 12.1. The SMILES string of the molecule is O=C(O)c1ccc(CNC(=S)NC(=O)c2cc(Cl)ccc2Cl)cc1. The standard InChI is InChI=1S/C16H12Cl2N2O3S/c17-11-5-6-13(18)12(7-11)14(21)20-16(24)19-8-9-1-3-10(4-2-9)15(22)23/h1-7H,8H2,(H,22,23)(H2,19,20,21,24). The summed E-state index contributed by atoms with van der Waals surface area (Å²) >= 11 is 16.9. The van der Waals surface area contributed by atoms with Gasteiger partial charge in [0.1, 0.15) is 0 Å². The Bertz CT molecular complexity index is 794. The molecule has 0 aliphatic rings. The van der Waals surface area contributed by atoms with Gasteiger partial charge in [0, 0.05) is 11.6 Å². The highest BCUT2D eigenvalue weighted by atomic mass is 35.5. The fraction of sp³-hybridized carbons (Fsp3) is 0.0625. The van der Waals surface area contributed by atoms with E-state index in [9.17, 15) is 9.59 Å². The first-order valence-corrected chi connectivity index (χ1v) is 7.89. The molecule has 124 valence electrons. The molecule has 0 bridgehead atoms. The number of aromatic carboxylic acids is 1. The highest BCUT2D eigenvalue weighted by Gasteiger charge is 2.12. The molecule has 0 aliphatic carbocycles. The zero-order chi connectivity index (χ0) is 17.7. The molecule has 2 aromatic carbocycles. The molecule has 0 saturated heterocycles. The summed E-state index contributed by atoms with van der Waals surface area (Å²) in [4.78, 5) is 22.9. The highest BCUT2D eigenvalue weighted by molar-refractivity contribution is 7.80. The van der Waals surface area contributed by atoms with E-state index in [0.717, 1.165) is 5.56 Å². The Balaban J connectivity index is 1.92. The second-order valence-electron chi connectivity index (χ2n) is 4.76. The van der Waals surface area contributed by atoms with Crippen LogP contribution >= 0.6 is 35.4 Å². The van der Waals surface area contributed by atoms with Gasteiger partial charge < -0.3 is 10.4 Å². The zero-order valence-electron chi connectivity index (χ0n) is 12.2. The lowest BCUT2D eigenvalue weighted by molar-refractivity contribution is 0.0696. The van der Waals surface area contributed by atoms with Crippen molar-refractivity contribution in [2.75, 3.05) is 0 Å². The van der Waals surface area contributed by atoms with Crippen LogP contribution in [0.4, 0.5) is 0 Å². The van der Waals surface area contributed by atoms with Gasteiger partial charge in [0.05, 0.1) is 16.1 Å². The fourth-order valence-electron chi connectivity index (χ4n) is 1.83. The maximum atomic E-state index is 12.1. The van der Waals surface area contributed by atoms with Gasteiger partial charge in [-0.25, -0.2) is 4.79 Å². The molecule has 0 spiro atoms. The van der Waals surface area contributed by atoms with E-state index in [-0.39, 0.29) is 21.3 Å². The first-order chi connectivity index (χ1) is 11.4. The number of thiocarbonyl (C=S) groups is 1. The molecule has 0 heterocycles. The normalized spacial score (nSPS) is 10.1. The van der Waals surface area contributed by atoms with Crippen molar-refractivity contribution in [3.05, 3.63) is 69.2 Å². The Labute approximate surface area is 153 Å². The monoisotopic (exact) mass is 382 g/mol. The summed E-state index contributed by atoms with van der Waals surface area (Å²) in [6.07, 6.45) is 0. The molecule has 0 unspecified atom stereocenters. The minimum atomic E-state index is -0.990. The number of hydrogen-bond donors (Lipinski definition) is 3. The minimum Gasteiger partial charge on any atom is -0.478 e. The summed E-state index contributed by atoms with van der Waals surface area (Å²) in [5.74, 6) is -1.46. The lowest BCUT2D eigenvalue weighted by atomic mass is 10.1. The van der Waals surface area contributed by atoms with Gasteiger partial charge in [0.15, 0.2) is 5.11 Å². The van der Waals surface area contributed by atoms with Crippen LogP contribution in [0.25, 0.3) is 0 Å². The Hall–Kier alpha value is -2.15. The number of rotatable bonds is 4. The van der Waals surface area contributed by atoms with Crippen LogP contribution in [0.3, 0.4) is 0 Å². The van der Waals surface area contributed by atoms with Gasteiger partial charge in [-0.3, -0.25) is 10.1 Å². The van der Waals surface area contributed by atoms with Crippen molar-refractivity contribution in [1.29, 1.82) is 0 Å². The van der Waals surface area contributed by atoms with Crippen molar-refractivity contribution >= 4 is 52.4 Å². The third kappa shape index (κ3) is 4.92. The third-order valence-corrected chi connectivity index (χ3v) is 3.87. The second-order valence-corrected chi connectivity index (χ2v) is 6.01. The molecule has 8 heteroatoms. The molecule has 5 nitrogen and oxygen atoms in total. The van der Waals surface area contributed by atoms with Gasteiger partial charge in [0.25, 0.3) is 5.91 Å². The molecule has 0 aromatic heterocycles. The van der Waals surface area contributed by atoms with Gasteiger partial charge in [-0.05, 0) is 48.1 Å². The summed E-state index contributed by atoms with van der Waals surface area (Å²) in [5, 5.41) is 15.0. The van der Waals surface area contributed by atoms with Crippen LogP contribution < -0.4 is 10.6 Å². The Morgan fingerprint density at radius 1 is 1.08 bits per heavy atom. The maximum Gasteiger partial charge on any atom is 0.335 e. The fourth-order valence-corrected chi connectivity index (χ4v) is 2.37. The predicted octanol–water partition coefficient (Wildman–Crippen LogP) is 3.50. The number of hydrogen-bond acceptors (Lipinski definition) is 3. The Kier molecular flexibility index (Phi) is 6.14. The topological polar surface area (TPSA) is 78.4 Å². The van der Waals surface area contributed by atoms with E-state index in [1.165, 1.54) is 24.3 Å². The van der Waals surface area contributed by atoms with Crippen LogP contribution in [0.5, 0.6) is 0 Å².